The number of rotatable bonds is 0. The zero-order valence-electron chi connectivity index (χ0n) is 13.4. The Morgan fingerprint density at radius 2 is 0.808 bits per heavy atom. The van der Waals surface area contributed by atoms with Gasteiger partial charge in [0.1, 0.15) is 0 Å². The number of ketones is 2. The summed E-state index contributed by atoms with van der Waals surface area (Å²) < 4.78 is 0. The minimum atomic E-state index is -0.237. The molecule has 6 heteroatoms. The lowest BCUT2D eigenvalue weighted by Gasteiger charge is -2.21. The van der Waals surface area contributed by atoms with Crippen LogP contribution in [-0.4, -0.2) is 11.6 Å². The highest BCUT2D eigenvalue weighted by Crippen LogP contribution is 2.36. The van der Waals surface area contributed by atoms with E-state index in [4.69, 9.17) is 0 Å². The fraction of sp³-hybridized carbons (Fsp3) is 0. The van der Waals surface area contributed by atoms with Crippen LogP contribution in [0.2, 0.25) is 0 Å². The van der Waals surface area contributed by atoms with E-state index in [-0.39, 0.29) is 11.6 Å². The SMILES string of the molecule is O=C1c2cc(S)cc(S)c2C(=O)c2cc(S)cc(S)c21.c1ccccc1. The monoisotopic (exact) mass is 414 g/mol. The van der Waals surface area contributed by atoms with Crippen molar-refractivity contribution in [2.24, 2.45) is 0 Å². The Morgan fingerprint density at radius 1 is 0.500 bits per heavy atom. The normalized spacial score (nSPS) is 12.0. The van der Waals surface area contributed by atoms with Crippen molar-refractivity contribution < 1.29 is 9.59 Å². The van der Waals surface area contributed by atoms with Gasteiger partial charge in [0.2, 0.25) is 0 Å². The third kappa shape index (κ3) is 3.74. The molecule has 26 heavy (non-hydrogen) atoms. The lowest BCUT2D eigenvalue weighted by atomic mass is 9.84. The molecule has 0 unspecified atom stereocenters. The molecule has 0 fully saturated rings. The van der Waals surface area contributed by atoms with Crippen molar-refractivity contribution in [1.82, 2.24) is 0 Å². The number of thiol groups is 4. The van der Waals surface area contributed by atoms with Crippen LogP contribution in [0.15, 0.2) is 80.2 Å². The highest BCUT2D eigenvalue weighted by Gasteiger charge is 2.33. The Kier molecular flexibility index (Phi) is 5.87. The summed E-state index contributed by atoms with van der Waals surface area (Å²) in [5.74, 6) is -0.474. The van der Waals surface area contributed by atoms with Gasteiger partial charge < -0.3 is 0 Å². The largest absolute Gasteiger partial charge is 0.289 e. The Labute approximate surface area is 173 Å². The Morgan fingerprint density at radius 3 is 1.12 bits per heavy atom. The van der Waals surface area contributed by atoms with Gasteiger partial charge in [-0.1, -0.05) is 36.4 Å². The molecule has 0 atom stereocenters. The number of carbonyl (C=O) groups is 2. The molecule has 3 aromatic rings. The van der Waals surface area contributed by atoms with Gasteiger partial charge in [-0.05, 0) is 24.3 Å². The molecule has 0 saturated heterocycles. The highest BCUT2D eigenvalue weighted by molar-refractivity contribution is 7.81. The van der Waals surface area contributed by atoms with Gasteiger partial charge in [-0.15, -0.1) is 50.5 Å². The quantitative estimate of drug-likeness (QED) is 0.295. The van der Waals surface area contributed by atoms with E-state index in [1.165, 1.54) is 0 Å². The van der Waals surface area contributed by atoms with Crippen LogP contribution in [0, 0.1) is 0 Å². The number of hydrogen-bond acceptors (Lipinski definition) is 6. The summed E-state index contributed by atoms with van der Waals surface area (Å²) >= 11 is 17.0. The minimum Gasteiger partial charge on any atom is -0.289 e. The first-order chi connectivity index (χ1) is 12.4. The molecule has 1 aliphatic carbocycles. The maximum Gasteiger partial charge on any atom is 0.195 e. The minimum absolute atomic E-state index is 0.237. The van der Waals surface area contributed by atoms with E-state index in [2.05, 4.69) is 50.5 Å². The van der Waals surface area contributed by atoms with Crippen LogP contribution in [0.5, 0.6) is 0 Å². The van der Waals surface area contributed by atoms with Crippen LogP contribution in [0.1, 0.15) is 31.8 Å². The molecular formula is C20H14O2S4. The molecule has 0 amide bonds. The Hall–Kier alpha value is -1.60. The van der Waals surface area contributed by atoms with Gasteiger partial charge in [-0.2, -0.15) is 0 Å². The summed E-state index contributed by atoms with van der Waals surface area (Å²) in [5, 5.41) is 0. The molecule has 0 radical (unpaired) electrons. The van der Waals surface area contributed by atoms with Gasteiger partial charge >= 0.3 is 0 Å². The zero-order chi connectivity index (χ0) is 18.8. The number of fused-ring (bicyclic) bond motifs is 2. The van der Waals surface area contributed by atoms with Crippen molar-refractivity contribution in [2.75, 3.05) is 0 Å². The predicted octanol–water partition coefficient (Wildman–Crippen LogP) is 5.30. The van der Waals surface area contributed by atoms with Crippen LogP contribution < -0.4 is 0 Å². The van der Waals surface area contributed by atoms with E-state index in [1.54, 1.807) is 24.3 Å². The molecule has 0 heterocycles. The molecule has 0 bridgehead atoms. The topological polar surface area (TPSA) is 34.1 Å². The molecule has 0 aliphatic heterocycles. The average Bonchev–Trinajstić information content (AvgIpc) is 2.60. The van der Waals surface area contributed by atoms with Crippen molar-refractivity contribution >= 4 is 62.1 Å². The average molecular weight is 415 g/mol. The summed E-state index contributed by atoms with van der Waals surface area (Å²) in [7, 11) is 0. The van der Waals surface area contributed by atoms with E-state index in [1.807, 2.05) is 36.4 Å². The van der Waals surface area contributed by atoms with Gasteiger partial charge in [0.15, 0.2) is 11.6 Å². The molecule has 3 aromatic carbocycles. The number of hydrogen-bond donors (Lipinski definition) is 4. The molecule has 0 saturated carbocycles. The van der Waals surface area contributed by atoms with E-state index in [0.717, 1.165) is 0 Å². The zero-order valence-corrected chi connectivity index (χ0v) is 17.0. The first kappa shape index (κ1) is 19.2. The smallest absolute Gasteiger partial charge is 0.195 e. The van der Waals surface area contributed by atoms with Crippen LogP contribution >= 0.6 is 50.5 Å². The van der Waals surface area contributed by atoms with E-state index >= 15 is 0 Å². The summed E-state index contributed by atoms with van der Waals surface area (Å²) in [5.41, 5.74) is 1.27. The first-order valence-corrected chi connectivity index (χ1v) is 9.40. The maximum atomic E-state index is 12.6. The van der Waals surface area contributed by atoms with Crippen molar-refractivity contribution in [3.8, 4) is 0 Å². The van der Waals surface area contributed by atoms with Gasteiger partial charge in [0.25, 0.3) is 0 Å². The van der Waals surface area contributed by atoms with Gasteiger partial charge in [0, 0.05) is 41.8 Å². The summed E-state index contributed by atoms with van der Waals surface area (Å²) in [6, 6.07) is 18.5. The van der Waals surface area contributed by atoms with Crippen molar-refractivity contribution in [3.63, 3.8) is 0 Å². The highest BCUT2D eigenvalue weighted by atomic mass is 32.1. The summed E-state index contributed by atoms with van der Waals surface area (Å²) in [4.78, 5) is 27.3. The molecular weight excluding hydrogens is 400 g/mol. The molecule has 0 spiro atoms. The molecule has 0 aromatic heterocycles. The van der Waals surface area contributed by atoms with Gasteiger partial charge in [0.05, 0.1) is 0 Å². The van der Waals surface area contributed by atoms with Crippen molar-refractivity contribution in [1.29, 1.82) is 0 Å². The second-order valence-corrected chi connectivity index (χ2v) is 7.58. The van der Waals surface area contributed by atoms with E-state index in [0.29, 0.717) is 41.8 Å². The van der Waals surface area contributed by atoms with E-state index < -0.39 is 0 Å². The van der Waals surface area contributed by atoms with Gasteiger partial charge in [-0.3, -0.25) is 9.59 Å². The second-order valence-electron chi connectivity index (χ2n) is 5.59. The van der Waals surface area contributed by atoms with Crippen LogP contribution in [0.3, 0.4) is 0 Å². The first-order valence-electron chi connectivity index (χ1n) is 7.61. The Bertz CT molecular complexity index is 920. The van der Waals surface area contributed by atoms with Crippen molar-refractivity contribution in [3.05, 3.63) is 82.9 Å². The summed E-state index contributed by atoms with van der Waals surface area (Å²) in [6.07, 6.45) is 0. The number of benzene rings is 3. The standard InChI is InChI=1S/C14H8O2S4.C6H6/c15-13-7-1-5(17)3-9(19)11(7)14(16)8-2-6(18)4-10(20)12(8)13;1-2-4-6-5-3-1/h1-4,17-20H;1-6H. The lowest BCUT2D eigenvalue weighted by molar-refractivity contribution is 0.0974. The van der Waals surface area contributed by atoms with E-state index in [9.17, 15) is 9.59 Å². The Balaban J connectivity index is 0.000000278. The molecule has 2 nitrogen and oxygen atoms in total. The van der Waals surface area contributed by atoms with Crippen LogP contribution in [-0.2, 0) is 0 Å². The number of carbonyl (C=O) groups excluding carboxylic acids is 2. The summed E-state index contributed by atoms with van der Waals surface area (Å²) in [6.45, 7) is 0. The molecule has 130 valence electrons. The third-order valence-electron chi connectivity index (χ3n) is 3.81. The molecule has 0 N–H and O–H groups in total. The van der Waals surface area contributed by atoms with Gasteiger partial charge in [-0.25, -0.2) is 0 Å². The van der Waals surface area contributed by atoms with Crippen molar-refractivity contribution in [2.45, 2.75) is 19.6 Å². The fourth-order valence-corrected chi connectivity index (χ4v) is 4.16. The predicted molar refractivity (Wildman–Crippen MR) is 115 cm³/mol. The fourth-order valence-electron chi connectivity index (χ4n) is 2.71. The lowest BCUT2D eigenvalue weighted by Crippen LogP contribution is -2.22. The molecule has 4 rings (SSSR count). The maximum absolute atomic E-state index is 12.6. The molecule has 1 aliphatic rings. The second kappa shape index (κ2) is 7.96. The van der Waals surface area contributed by atoms with Crippen LogP contribution in [0.25, 0.3) is 0 Å². The van der Waals surface area contributed by atoms with Crippen LogP contribution in [0.4, 0.5) is 0 Å². The third-order valence-corrected chi connectivity index (χ3v) is 5.04.